The number of ether oxygens (including phenoxy) is 5. The molecular weight excluding hydrogens is 536 g/mol. The Bertz CT molecular complexity index is 1330. The third-order valence-electron chi connectivity index (χ3n) is 7.82. The zero-order valence-corrected chi connectivity index (χ0v) is 21.6. The van der Waals surface area contributed by atoms with Crippen LogP contribution in [0.1, 0.15) is 30.9 Å². The molecule has 40 heavy (non-hydrogen) atoms. The first-order valence-corrected chi connectivity index (χ1v) is 12.3. The van der Waals surface area contributed by atoms with Gasteiger partial charge in [0.15, 0.2) is 23.6 Å². The first kappa shape index (κ1) is 28.2. The SMILES string of the molecule is COc1cc(C23Oc4cc(O)cc(O)c4C(C2OC2OC(CO)C(O)C(O)C2O)C(C)(C(C)=O)O3)cc(O)c1O. The minimum absolute atomic E-state index is 0.00757. The fourth-order valence-corrected chi connectivity index (χ4v) is 5.62. The van der Waals surface area contributed by atoms with Crippen LogP contribution < -0.4 is 9.47 Å². The Morgan fingerprint density at radius 2 is 1.70 bits per heavy atom. The van der Waals surface area contributed by atoms with Gasteiger partial charge in [-0.3, -0.25) is 4.79 Å². The summed E-state index contributed by atoms with van der Waals surface area (Å²) in [5.41, 5.74) is -1.84. The van der Waals surface area contributed by atoms with Gasteiger partial charge < -0.3 is 64.5 Å². The molecule has 218 valence electrons. The van der Waals surface area contributed by atoms with Crippen LogP contribution in [0, 0.1) is 0 Å². The molecule has 3 aliphatic heterocycles. The van der Waals surface area contributed by atoms with Crippen molar-refractivity contribution in [2.24, 2.45) is 0 Å². The molecule has 0 radical (unpaired) electrons. The van der Waals surface area contributed by atoms with E-state index in [1.807, 2.05) is 0 Å². The summed E-state index contributed by atoms with van der Waals surface area (Å²) in [6.07, 6.45) is -9.90. The van der Waals surface area contributed by atoms with Gasteiger partial charge in [0.1, 0.15) is 53.4 Å². The molecule has 0 aliphatic carbocycles. The Labute approximate surface area is 227 Å². The van der Waals surface area contributed by atoms with Crippen LogP contribution in [0.5, 0.6) is 34.5 Å². The number of aliphatic hydroxyl groups is 4. The van der Waals surface area contributed by atoms with Gasteiger partial charge in [0.25, 0.3) is 5.79 Å². The summed E-state index contributed by atoms with van der Waals surface area (Å²) in [6.45, 7) is 1.90. The normalized spacial score (nSPS) is 36.5. The number of aliphatic hydroxyl groups excluding tert-OH is 4. The van der Waals surface area contributed by atoms with Crippen LogP contribution in [0.15, 0.2) is 24.3 Å². The highest BCUT2D eigenvalue weighted by Crippen LogP contribution is 2.63. The fourth-order valence-electron chi connectivity index (χ4n) is 5.62. The lowest BCUT2D eigenvalue weighted by Crippen LogP contribution is -2.61. The fraction of sp³-hybridized carbons (Fsp3) is 0.500. The van der Waals surface area contributed by atoms with Gasteiger partial charge in [-0.15, -0.1) is 0 Å². The minimum Gasteiger partial charge on any atom is -0.508 e. The predicted molar refractivity (Wildman–Crippen MR) is 130 cm³/mol. The summed E-state index contributed by atoms with van der Waals surface area (Å²) in [6, 6.07) is 4.51. The summed E-state index contributed by atoms with van der Waals surface area (Å²) in [5.74, 6) is -6.37. The Morgan fingerprint density at radius 1 is 1.00 bits per heavy atom. The quantitative estimate of drug-likeness (QED) is 0.205. The number of carbonyl (C=O) groups excluding carboxylic acids is 1. The Hall–Kier alpha value is -3.37. The second-order valence-corrected chi connectivity index (χ2v) is 10.2. The maximum atomic E-state index is 13.1. The lowest BCUT2D eigenvalue weighted by Gasteiger charge is -2.45. The van der Waals surface area contributed by atoms with E-state index in [9.17, 15) is 45.6 Å². The van der Waals surface area contributed by atoms with E-state index in [-0.39, 0.29) is 28.4 Å². The molecular formula is C26H30O14. The van der Waals surface area contributed by atoms with Gasteiger partial charge in [-0.05, 0) is 26.0 Å². The average molecular weight is 567 g/mol. The van der Waals surface area contributed by atoms with Crippen molar-refractivity contribution in [3.05, 3.63) is 35.4 Å². The molecule has 14 nitrogen and oxygen atoms in total. The first-order valence-electron chi connectivity index (χ1n) is 12.3. The number of benzene rings is 2. The van der Waals surface area contributed by atoms with Gasteiger partial charge in [-0.25, -0.2) is 0 Å². The second-order valence-electron chi connectivity index (χ2n) is 10.2. The first-order chi connectivity index (χ1) is 18.8. The van der Waals surface area contributed by atoms with Crippen molar-refractivity contribution >= 4 is 5.78 Å². The van der Waals surface area contributed by atoms with E-state index in [4.69, 9.17) is 23.7 Å². The minimum atomic E-state index is -2.18. The number of Topliss-reactive ketones (excluding diaryl/α,β-unsaturated/α-hetero) is 1. The molecule has 0 amide bonds. The van der Waals surface area contributed by atoms with Crippen molar-refractivity contribution in [2.75, 3.05) is 13.7 Å². The molecule has 3 aliphatic rings. The van der Waals surface area contributed by atoms with Crippen LogP contribution in [-0.4, -0.2) is 103 Å². The summed E-state index contributed by atoms with van der Waals surface area (Å²) >= 11 is 0. The van der Waals surface area contributed by atoms with Crippen molar-refractivity contribution in [3.8, 4) is 34.5 Å². The van der Waals surface area contributed by atoms with Crippen molar-refractivity contribution in [1.82, 2.24) is 0 Å². The van der Waals surface area contributed by atoms with Gasteiger partial charge in [-0.1, -0.05) is 0 Å². The number of hydrogen-bond donors (Lipinski definition) is 8. The zero-order chi connectivity index (χ0) is 29.3. The van der Waals surface area contributed by atoms with E-state index in [0.717, 1.165) is 12.1 Å². The molecule has 8 N–H and O–H groups in total. The summed E-state index contributed by atoms with van der Waals surface area (Å²) in [5, 5.41) is 82.7. The molecule has 0 saturated carbocycles. The summed E-state index contributed by atoms with van der Waals surface area (Å²) < 4.78 is 29.4. The highest BCUT2D eigenvalue weighted by Gasteiger charge is 2.71. The number of hydrogen-bond acceptors (Lipinski definition) is 14. The number of fused-ring (bicyclic) bond motifs is 4. The van der Waals surface area contributed by atoms with Gasteiger partial charge in [0, 0.05) is 23.3 Å². The van der Waals surface area contributed by atoms with E-state index >= 15 is 0 Å². The van der Waals surface area contributed by atoms with Gasteiger partial charge in [0.2, 0.25) is 5.75 Å². The number of ketones is 1. The number of aromatic hydroxyl groups is 4. The standard InChI is InChI=1S/C26H30O14/c1-9(28)25(2)18-17-12(30)6-11(29)7-14(17)39-26(40-25,10-4-13(31)19(32)15(5-10)36-3)23(18)38-24-22(35)21(34)20(33)16(8-27)37-24/h4-7,16,18,20-24,27,29-35H,8H2,1-3H3. The molecule has 2 aromatic rings. The lowest BCUT2D eigenvalue weighted by molar-refractivity contribution is -0.337. The van der Waals surface area contributed by atoms with E-state index < -0.39 is 83.8 Å². The largest absolute Gasteiger partial charge is 0.508 e. The Kier molecular flexibility index (Phi) is 6.78. The van der Waals surface area contributed by atoms with Gasteiger partial charge in [0.05, 0.1) is 19.6 Å². The molecule has 2 bridgehead atoms. The molecule has 9 unspecified atom stereocenters. The highest BCUT2D eigenvalue weighted by atomic mass is 16.8. The second kappa shape index (κ2) is 9.62. The molecule has 2 aromatic carbocycles. The van der Waals surface area contributed by atoms with Crippen LogP contribution in [0.4, 0.5) is 0 Å². The smallest absolute Gasteiger partial charge is 0.265 e. The third kappa shape index (κ3) is 3.95. The topological polar surface area (TPSA) is 225 Å². The molecule has 9 atom stereocenters. The van der Waals surface area contributed by atoms with E-state index in [1.54, 1.807) is 0 Å². The van der Waals surface area contributed by atoms with Crippen molar-refractivity contribution in [2.45, 2.75) is 68.0 Å². The number of carbonyl (C=O) groups is 1. The number of methoxy groups -OCH3 is 1. The Balaban J connectivity index is 1.75. The monoisotopic (exact) mass is 566 g/mol. The molecule has 2 fully saturated rings. The number of rotatable bonds is 6. The summed E-state index contributed by atoms with van der Waals surface area (Å²) in [7, 11) is 1.23. The van der Waals surface area contributed by atoms with Crippen LogP contribution in [0.25, 0.3) is 0 Å². The average Bonchev–Trinajstić information content (AvgIpc) is 3.06. The predicted octanol–water partition coefficient (Wildman–Crippen LogP) is -0.590. The van der Waals surface area contributed by atoms with E-state index in [1.165, 1.54) is 33.1 Å². The maximum absolute atomic E-state index is 13.1. The van der Waals surface area contributed by atoms with Gasteiger partial charge >= 0.3 is 0 Å². The number of phenols is 4. The van der Waals surface area contributed by atoms with Crippen LogP contribution in [0.3, 0.4) is 0 Å². The van der Waals surface area contributed by atoms with Crippen molar-refractivity contribution in [1.29, 1.82) is 0 Å². The third-order valence-corrected chi connectivity index (χ3v) is 7.82. The Morgan fingerprint density at radius 3 is 2.33 bits per heavy atom. The van der Waals surface area contributed by atoms with Gasteiger partial charge in [-0.2, -0.15) is 0 Å². The van der Waals surface area contributed by atoms with E-state index in [0.29, 0.717) is 0 Å². The van der Waals surface area contributed by atoms with Crippen LogP contribution in [-0.2, 0) is 24.8 Å². The van der Waals surface area contributed by atoms with Crippen molar-refractivity contribution < 1.29 is 69.3 Å². The molecule has 0 aromatic heterocycles. The summed E-state index contributed by atoms with van der Waals surface area (Å²) in [4.78, 5) is 13.1. The van der Waals surface area contributed by atoms with Crippen LogP contribution >= 0.6 is 0 Å². The highest BCUT2D eigenvalue weighted by molar-refractivity contribution is 5.87. The molecule has 2 saturated heterocycles. The molecule has 0 spiro atoms. The van der Waals surface area contributed by atoms with Crippen LogP contribution in [0.2, 0.25) is 0 Å². The van der Waals surface area contributed by atoms with Crippen molar-refractivity contribution in [3.63, 3.8) is 0 Å². The zero-order valence-electron chi connectivity index (χ0n) is 21.6. The molecule has 5 rings (SSSR count). The molecule has 14 heteroatoms. The number of phenolic OH excluding ortho intramolecular Hbond substituents is 4. The maximum Gasteiger partial charge on any atom is 0.265 e. The van der Waals surface area contributed by atoms with E-state index in [2.05, 4.69) is 0 Å². The lowest BCUT2D eigenvalue weighted by atomic mass is 9.75. The molecule has 3 heterocycles.